The van der Waals surface area contributed by atoms with Crippen molar-refractivity contribution in [3.05, 3.63) is 58.6 Å². The normalized spacial score (nSPS) is 27.9. The van der Waals surface area contributed by atoms with E-state index in [1.165, 1.54) is 25.1 Å². The Morgan fingerprint density at radius 1 is 1.09 bits per heavy atom. The molecule has 0 heterocycles. The monoisotopic (exact) mass is 529 g/mol. The van der Waals surface area contributed by atoms with Gasteiger partial charge in [-0.25, -0.2) is 17.2 Å². The number of anilines is 1. The number of fused-ring (bicyclic) bond motifs is 2. The number of carbonyl (C=O) groups is 1. The highest BCUT2D eigenvalue weighted by Gasteiger charge is 2.59. The minimum Gasteiger partial charge on any atom is -0.391 e. The summed E-state index contributed by atoms with van der Waals surface area (Å²) in [5.74, 6) is -4.00. The van der Waals surface area contributed by atoms with Crippen molar-refractivity contribution in [1.82, 2.24) is 0 Å². The minimum atomic E-state index is -4.03. The second kappa shape index (κ2) is 9.40. The highest BCUT2D eigenvalue weighted by atomic mass is 35.5. The molecule has 2 aromatic carbocycles. The molecular weight excluding hydrogens is 504 g/mol. The Labute approximate surface area is 206 Å². The van der Waals surface area contributed by atoms with Gasteiger partial charge in [0.05, 0.1) is 26.9 Å². The summed E-state index contributed by atoms with van der Waals surface area (Å²) < 4.78 is 53.7. The quantitative estimate of drug-likeness (QED) is 0.455. The third-order valence-corrected chi connectivity index (χ3v) is 9.97. The van der Waals surface area contributed by atoms with E-state index >= 15 is 0 Å². The number of hydrogen-bond donors (Lipinski definition) is 4. The number of halogens is 3. The molecule has 2 aliphatic rings. The number of aliphatic hydroxyl groups excluding tert-OH is 2. The van der Waals surface area contributed by atoms with Crippen LogP contribution < -0.4 is 5.32 Å². The lowest BCUT2D eigenvalue weighted by Gasteiger charge is -2.46. The van der Waals surface area contributed by atoms with Crippen LogP contribution >= 0.6 is 11.6 Å². The lowest BCUT2D eigenvalue weighted by molar-refractivity contribution is -0.172. The van der Waals surface area contributed by atoms with Crippen molar-refractivity contribution in [3.63, 3.8) is 0 Å². The molecule has 2 unspecified atom stereocenters. The first kappa shape index (κ1) is 26.0. The van der Waals surface area contributed by atoms with Gasteiger partial charge in [-0.05, 0) is 74.8 Å². The standard InChI is InChI=1S/C24H26ClF2NO6S/c1-12(29)22(30)24(32)14-3-4-15(24)10-17(9-14)35(33,34)21-8-13(2-6-18(21)25)23(31)28-16-5-7-19(26)20(27)11-16/h2,5-8,11-12,14-15,17,22,29-30,32H,3-4,9-10H2,1H3,(H,28,31)/t12-,14?,15?,17-,22+,24-/m1/s1. The van der Waals surface area contributed by atoms with Crippen LogP contribution in [0.25, 0.3) is 0 Å². The molecular formula is C24H26ClF2NO6S. The Balaban J connectivity index is 1.59. The largest absolute Gasteiger partial charge is 0.391 e. The molecule has 1 amide bonds. The zero-order chi connectivity index (χ0) is 25.7. The molecule has 4 atom stereocenters. The molecule has 0 aromatic heterocycles. The second-order valence-corrected chi connectivity index (χ2v) is 12.0. The summed E-state index contributed by atoms with van der Waals surface area (Å²) in [7, 11) is -4.03. The molecule has 190 valence electrons. The van der Waals surface area contributed by atoms with Crippen LogP contribution in [0.4, 0.5) is 14.5 Å². The predicted octanol–water partition coefficient (Wildman–Crippen LogP) is 3.31. The summed E-state index contributed by atoms with van der Waals surface area (Å²) in [6.07, 6.45) is -1.39. The predicted molar refractivity (Wildman–Crippen MR) is 125 cm³/mol. The summed E-state index contributed by atoms with van der Waals surface area (Å²) in [5, 5.41) is 32.9. The number of rotatable bonds is 6. The fraction of sp³-hybridized carbons (Fsp3) is 0.458. The van der Waals surface area contributed by atoms with Gasteiger partial charge >= 0.3 is 0 Å². The zero-order valence-electron chi connectivity index (χ0n) is 18.8. The Hall–Kier alpha value is -2.11. The van der Waals surface area contributed by atoms with Crippen molar-refractivity contribution in [2.45, 2.75) is 60.6 Å². The fourth-order valence-electron chi connectivity index (χ4n) is 5.48. The maximum absolute atomic E-state index is 13.6. The van der Waals surface area contributed by atoms with Crippen molar-refractivity contribution in [1.29, 1.82) is 0 Å². The molecule has 0 aliphatic heterocycles. The molecule has 35 heavy (non-hydrogen) atoms. The van der Waals surface area contributed by atoms with Gasteiger partial charge in [-0.3, -0.25) is 4.79 Å². The third kappa shape index (κ3) is 4.58. The highest BCUT2D eigenvalue weighted by Crippen LogP contribution is 2.54. The Morgan fingerprint density at radius 2 is 1.71 bits per heavy atom. The first-order valence-electron chi connectivity index (χ1n) is 11.2. The molecule has 2 bridgehead atoms. The van der Waals surface area contributed by atoms with Gasteiger partial charge in [0.1, 0.15) is 6.10 Å². The smallest absolute Gasteiger partial charge is 0.255 e. The van der Waals surface area contributed by atoms with Crippen molar-refractivity contribution < 1.29 is 37.3 Å². The second-order valence-electron chi connectivity index (χ2n) is 9.41. The van der Waals surface area contributed by atoms with Gasteiger partial charge in [0, 0.05) is 17.3 Å². The SMILES string of the molecule is C[C@@H](O)[C@H](O)[C@]1(O)C2CCC1C[C@@H](S(=O)(=O)c1cc(C(=O)Nc3ccc(F)c(F)c3)ccc1Cl)C2. The van der Waals surface area contributed by atoms with Gasteiger partial charge in [-0.1, -0.05) is 11.6 Å². The maximum atomic E-state index is 13.6. The summed E-state index contributed by atoms with van der Waals surface area (Å²) in [6.45, 7) is 1.38. The van der Waals surface area contributed by atoms with E-state index in [0.717, 1.165) is 18.2 Å². The van der Waals surface area contributed by atoms with Crippen LogP contribution in [0.3, 0.4) is 0 Å². The van der Waals surface area contributed by atoms with Gasteiger partial charge in [0.15, 0.2) is 21.5 Å². The summed E-state index contributed by atoms with van der Waals surface area (Å²) in [5.41, 5.74) is -1.62. The van der Waals surface area contributed by atoms with Crippen LogP contribution in [0.15, 0.2) is 41.3 Å². The van der Waals surface area contributed by atoms with Gasteiger partial charge in [0.25, 0.3) is 5.91 Å². The maximum Gasteiger partial charge on any atom is 0.255 e. The summed E-state index contributed by atoms with van der Waals surface area (Å²) in [4.78, 5) is 12.4. The van der Waals surface area contributed by atoms with Gasteiger partial charge in [0.2, 0.25) is 0 Å². The number of amides is 1. The van der Waals surface area contributed by atoms with E-state index in [9.17, 15) is 37.3 Å². The highest BCUT2D eigenvalue weighted by molar-refractivity contribution is 7.92. The first-order valence-corrected chi connectivity index (χ1v) is 13.2. The van der Waals surface area contributed by atoms with E-state index < -0.39 is 62.3 Å². The van der Waals surface area contributed by atoms with E-state index in [2.05, 4.69) is 5.32 Å². The number of carbonyl (C=O) groups excluding carboxylic acids is 1. The molecule has 2 aromatic rings. The van der Waals surface area contributed by atoms with E-state index in [4.69, 9.17) is 11.6 Å². The average molecular weight is 530 g/mol. The van der Waals surface area contributed by atoms with Crippen LogP contribution in [0, 0.1) is 23.5 Å². The van der Waals surface area contributed by atoms with Crippen LogP contribution in [0.1, 0.15) is 43.0 Å². The van der Waals surface area contributed by atoms with Crippen molar-refractivity contribution >= 4 is 33.0 Å². The third-order valence-electron chi connectivity index (χ3n) is 7.31. The van der Waals surface area contributed by atoms with Crippen LogP contribution in [-0.2, 0) is 9.84 Å². The molecule has 11 heteroatoms. The van der Waals surface area contributed by atoms with Crippen molar-refractivity contribution in [2.24, 2.45) is 11.8 Å². The van der Waals surface area contributed by atoms with E-state index in [0.29, 0.717) is 12.8 Å². The lowest BCUT2D eigenvalue weighted by Crippen LogP contribution is -2.58. The Bertz CT molecular complexity index is 1240. The van der Waals surface area contributed by atoms with E-state index in [-0.39, 0.29) is 34.0 Å². The fourth-order valence-corrected chi connectivity index (χ4v) is 7.89. The van der Waals surface area contributed by atoms with Crippen LogP contribution in [0.5, 0.6) is 0 Å². The summed E-state index contributed by atoms with van der Waals surface area (Å²) in [6, 6.07) is 6.57. The van der Waals surface area contributed by atoms with Crippen molar-refractivity contribution in [3.8, 4) is 0 Å². The van der Waals surface area contributed by atoms with Gasteiger partial charge in [-0.15, -0.1) is 0 Å². The van der Waals surface area contributed by atoms with E-state index in [1.807, 2.05) is 0 Å². The Morgan fingerprint density at radius 3 is 2.29 bits per heavy atom. The van der Waals surface area contributed by atoms with E-state index in [1.54, 1.807) is 0 Å². The average Bonchev–Trinajstić information content (AvgIpc) is 2.97. The van der Waals surface area contributed by atoms with Crippen LogP contribution in [-0.4, -0.2) is 52.7 Å². The number of nitrogens with one attached hydrogen (secondary N) is 1. The van der Waals surface area contributed by atoms with Crippen LogP contribution in [0.2, 0.25) is 5.02 Å². The molecule has 0 saturated heterocycles. The Kier molecular flexibility index (Phi) is 6.98. The minimum absolute atomic E-state index is 0.00642. The molecule has 2 saturated carbocycles. The molecule has 0 radical (unpaired) electrons. The summed E-state index contributed by atoms with van der Waals surface area (Å²) >= 11 is 6.21. The van der Waals surface area contributed by atoms with Gasteiger partial charge < -0.3 is 20.6 Å². The molecule has 2 fully saturated rings. The molecule has 4 N–H and O–H groups in total. The number of aliphatic hydroxyl groups is 3. The lowest BCUT2D eigenvalue weighted by atomic mass is 9.70. The first-order chi connectivity index (χ1) is 16.4. The topological polar surface area (TPSA) is 124 Å². The number of benzene rings is 2. The molecule has 7 nitrogen and oxygen atoms in total. The number of hydrogen-bond acceptors (Lipinski definition) is 6. The van der Waals surface area contributed by atoms with Crippen molar-refractivity contribution in [2.75, 3.05) is 5.32 Å². The molecule has 2 aliphatic carbocycles. The molecule has 4 rings (SSSR count). The zero-order valence-corrected chi connectivity index (χ0v) is 20.4. The molecule has 0 spiro atoms. The van der Waals surface area contributed by atoms with Gasteiger partial charge in [-0.2, -0.15) is 0 Å². The number of sulfone groups is 1.